The third kappa shape index (κ3) is 6.29. The molecule has 6 nitrogen and oxygen atoms in total. The lowest BCUT2D eigenvalue weighted by Gasteiger charge is -2.47. The maximum absolute atomic E-state index is 13.9. The van der Waals surface area contributed by atoms with Gasteiger partial charge in [-0.3, -0.25) is 4.79 Å². The highest BCUT2D eigenvalue weighted by molar-refractivity contribution is 5.80. The predicted molar refractivity (Wildman–Crippen MR) is 136 cm³/mol. The first kappa shape index (κ1) is 30.6. The Bertz CT molecular complexity index is 1300. The van der Waals surface area contributed by atoms with Crippen LogP contribution in [0, 0.1) is 12.7 Å². The number of amides is 3. The van der Waals surface area contributed by atoms with Crippen molar-refractivity contribution in [1.82, 2.24) is 15.1 Å². The van der Waals surface area contributed by atoms with Gasteiger partial charge in [0, 0.05) is 19.1 Å². The lowest BCUT2D eigenvalue weighted by molar-refractivity contribution is -0.143. The largest absolute Gasteiger partial charge is 0.416 e. The summed E-state index contributed by atoms with van der Waals surface area (Å²) < 4.78 is 94.7. The van der Waals surface area contributed by atoms with Crippen LogP contribution in [0.1, 0.15) is 72.5 Å². The van der Waals surface area contributed by atoms with E-state index in [2.05, 4.69) is 5.32 Å². The number of piperidine rings is 1. The van der Waals surface area contributed by atoms with E-state index in [1.807, 2.05) is 0 Å². The third-order valence-corrected chi connectivity index (χ3v) is 8.34. The Morgan fingerprint density at radius 3 is 2.17 bits per heavy atom. The number of halogens is 7. The summed E-state index contributed by atoms with van der Waals surface area (Å²) in [6.07, 6.45) is -8.16. The quantitative estimate of drug-likeness (QED) is 0.424. The second-order valence-corrected chi connectivity index (χ2v) is 11.0. The van der Waals surface area contributed by atoms with Crippen molar-refractivity contribution in [2.24, 2.45) is 5.73 Å². The minimum atomic E-state index is -5.03. The maximum Gasteiger partial charge on any atom is 0.416 e. The van der Waals surface area contributed by atoms with E-state index in [0.29, 0.717) is 48.9 Å². The number of hydrogen-bond donors (Lipinski definition) is 2. The van der Waals surface area contributed by atoms with Crippen LogP contribution < -0.4 is 11.1 Å². The van der Waals surface area contributed by atoms with Gasteiger partial charge in [0.05, 0.1) is 29.3 Å². The number of nitrogens with one attached hydrogen (secondary N) is 1. The highest BCUT2D eigenvalue weighted by atomic mass is 19.4. The monoisotopic (exact) mass is 588 g/mol. The molecule has 4 atom stereocenters. The summed E-state index contributed by atoms with van der Waals surface area (Å²) >= 11 is 0. The summed E-state index contributed by atoms with van der Waals surface area (Å²) in [6, 6.07) is 2.49. The summed E-state index contributed by atoms with van der Waals surface area (Å²) in [5, 5.41) is 3.30. The first-order valence-electron chi connectivity index (χ1n) is 13.1. The van der Waals surface area contributed by atoms with Gasteiger partial charge in [-0.1, -0.05) is 6.07 Å². The number of alkyl halides is 6. The Hall–Kier alpha value is -3.35. The van der Waals surface area contributed by atoms with Gasteiger partial charge in [0.2, 0.25) is 5.91 Å². The molecular weight excluding hydrogens is 557 g/mol. The van der Waals surface area contributed by atoms with Crippen molar-refractivity contribution >= 4 is 11.9 Å². The SMILES string of the molecule is Cc1cc(F)ccc1[C@H]1CC2(CC[C@H](C(N)=O)N2)CCN1C(=O)N(C)[C@H](C)c1cc(C(F)(F)F)cc(C(F)(F)F)c1. The molecule has 1 unspecified atom stereocenters. The predicted octanol–water partition coefficient (Wildman–Crippen LogP) is 6.10. The van der Waals surface area contributed by atoms with Crippen LogP contribution in [0.15, 0.2) is 36.4 Å². The zero-order valence-electron chi connectivity index (χ0n) is 22.7. The molecule has 224 valence electrons. The second-order valence-electron chi connectivity index (χ2n) is 11.0. The van der Waals surface area contributed by atoms with Gasteiger partial charge < -0.3 is 20.9 Å². The minimum absolute atomic E-state index is 0.0451. The highest BCUT2D eigenvalue weighted by Gasteiger charge is 2.48. The number of benzene rings is 2. The molecule has 2 aliphatic rings. The smallest absolute Gasteiger partial charge is 0.368 e. The van der Waals surface area contributed by atoms with Crippen molar-refractivity contribution in [3.05, 3.63) is 70.0 Å². The number of urea groups is 1. The van der Waals surface area contributed by atoms with Crippen LogP contribution >= 0.6 is 0 Å². The molecule has 2 aliphatic heterocycles. The van der Waals surface area contributed by atoms with E-state index in [1.165, 1.54) is 31.0 Å². The van der Waals surface area contributed by atoms with Crippen LogP contribution in [0.2, 0.25) is 0 Å². The Kier molecular flexibility index (Phi) is 8.07. The number of aryl methyl sites for hydroxylation is 1. The fourth-order valence-corrected chi connectivity index (χ4v) is 5.91. The zero-order chi connectivity index (χ0) is 30.5. The number of likely N-dealkylation sites (tertiary alicyclic amines) is 1. The number of carbonyl (C=O) groups excluding carboxylic acids is 2. The molecule has 2 saturated heterocycles. The van der Waals surface area contributed by atoms with Gasteiger partial charge in [-0.15, -0.1) is 0 Å². The van der Waals surface area contributed by atoms with E-state index in [-0.39, 0.29) is 18.2 Å². The van der Waals surface area contributed by atoms with Crippen LogP contribution in [0.3, 0.4) is 0 Å². The van der Waals surface area contributed by atoms with E-state index in [9.17, 15) is 40.3 Å². The number of primary amides is 1. The summed E-state index contributed by atoms with van der Waals surface area (Å²) in [7, 11) is 1.32. The third-order valence-electron chi connectivity index (χ3n) is 8.34. The number of carbonyl (C=O) groups is 2. The van der Waals surface area contributed by atoms with Gasteiger partial charge in [0.15, 0.2) is 0 Å². The van der Waals surface area contributed by atoms with Gasteiger partial charge in [0.25, 0.3) is 0 Å². The van der Waals surface area contributed by atoms with Gasteiger partial charge in [-0.25, -0.2) is 9.18 Å². The van der Waals surface area contributed by atoms with Gasteiger partial charge in [-0.2, -0.15) is 26.3 Å². The first-order chi connectivity index (χ1) is 18.9. The Morgan fingerprint density at radius 1 is 1.05 bits per heavy atom. The number of rotatable bonds is 4. The molecular formula is C28H31F7N4O2. The van der Waals surface area contributed by atoms with Crippen LogP contribution in [-0.4, -0.2) is 46.9 Å². The molecule has 2 aromatic rings. The standard InChI is InChI=1S/C28H31F7N4O2/c1-15-10-20(29)4-5-21(15)23-14-26(7-6-22(37-26)24(36)40)8-9-39(23)25(41)38(3)16(2)17-11-18(27(30,31)32)13-19(12-17)28(33,34)35/h4-5,10-13,16,22-23,37H,6-9,14H2,1-3H3,(H2,36,40)/t16-,22-,23-,26?/m1/s1. The van der Waals surface area contributed by atoms with Crippen LogP contribution in [0.25, 0.3) is 0 Å². The van der Waals surface area contributed by atoms with Crippen LogP contribution in [-0.2, 0) is 17.1 Å². The molecule has 0 radical (unpaired) electrons. The molecule has 0 aliphatic carbocycles. The summed E-state index contributed by atoms with van der Waals surface area (Å²) in [5.74, 6) is -0.971. The van der Waals surface area contributed by atoms with Crippen molar-refractivity contribution in [2.45, 2.75) is 75.5 Å². The molecule has 1 spiro atoms. The summed E-state index contributed by atoms with van der Waals surface area (Å²) in [4.78, 5) is 28.3. The van der Waals surface area contributed by atoms with E-state index < -0.39 is 64.9 Å². The fourth-order valence-electron chi connectivity index (χ4n) is 5.91. The van der Waals surface area contributed by atoms with Crippen LogP contribution in [0.5, 0.6) is 0 Å². The number of hydrogen-bond acceptors (Lipinski definition) is 3. The molecule has 2 aromatic carbocycles. The van der Waals surface area contributed by atoms with Crippen molar-refractivity contribution < 1.29 is 40.3 Å². The van der Waals surface area contributed by atoms with Gasteiger partial charge >= 0.3 is 18.4 Å². The van der Waals surface area contributed by atoms with Gasteiger partial charge in [-0.05, 0) is 86.6 Å². The van der Waals surface area contributed by atoms with Crippen LogP contribution in [0.4, 0.5) is 35.5 Å². The average Bonchev–Trinajstić information content (AvgIpc) is 3.29. The normalized spacial score (nSPS) is 24.0. The Balaban J connectivity index is 1.68. The van der Waals surface area contributed by atoms with E-state index in [4.69, 9.17) is 5.73 Å². The topological polar surface area (TPSA) is 78.7 Å². The molecule has 0 saturated carbocycles. The molecule has 13 heteroatoms. The van der Waals surface area contributed by atoms with Gasteiger partial charge in [0.1, 0.15) is 5.82 Å². The van der Waals surface area contributed by atoms with Crippen molar-refractivity contribution in [3.63, 3.8) is 0 Å². The molecule has 41 heavy (non-hydrogen) atoms. The molecule has 3 amide bonds. The molecule has 0 bridgehead atoms. The van der Waals surface area contributed by atoms with E-state index in [1.54, 1.807) is 13.0 Å². The number of nitrogens with two attached hydrogens (primary N) is 1. The average molecular weight is 589 g/mol. The Labute approximate surface area is 232 Å². The first-order valence-corrected chi connectivity index (χ1v) is 13.1. The lowest BCUT2D eigenvalue weighted by atomic mass is 9.79. The van der Waals surface area contributed by atoms with E-state index in [0.717, 1.165) is 4.90 Å². The highest BCUT2D eigenvalue weighted by Crippen LogP contribution is 2.44. The maximum atomic E-state index is 13.9. The minimum Gasteiger partial charge on any atom is -0.368 e. The second kappa shape index (κ2) is 10.8. The zero-order valence-corrected chi connectivity index (χ0v) is 22.7. The fraction of sp³-hybridized carbons (Fsp3) is 0.500. The van der Waals surface area contributed by atoms with Crippen molar-refractivity contribution in [2.75, 3.05) is 13.6 Å². The van der Waals surface area contributed by atoms with Crippen molar-refractivity contribution in [3.8, 4) is 0 Å². The summed E-state index contributed by atoms with van der Waals surface area (Å²) in [6.45, 7) is 3.21. The summed E-state index contributed by atoms with van der Waals surface area (Å²) in [5.41, 5.74) is 2.91. The molecule has 0 aromatic heterocycles. The Morgan fingerprint density at radius 2 is 1.66 bits per heavy atom. The number of nitrogens with zero attached hydrogens (tertiary/aromatic N) is 2. The molecule has 2 heterocycles. The van der Waals surface area contributed by atoms with E-state index >= 15 is 0 Å². The molecule has 3 N–H and O–H groups in total. The molecule has 2 fully saturated rings. The lowest BCUT2D eigenvalue weighted by Crippen LogP contribution is -2.57. The molecule has 4 rings (SSSR count). The van der Waals surface area contributed by atoms with Crippen molar-refractivity contribution in [1.29, 1.82) is 0 Å².